The second-order valence-corrected chi connectivity index (χ2v) is 12.7. The van der Waals surface area contributed by atoms with E-state index in [4.69, 9.17) is 46.9 Å². The monoisotopic (exact) mass is 552 g/mol. The number of hydrogen-bond acceptors (Lipinski definition) is 12. The standard InChI is InChI=1S/C21H46O12P2/c1-5-32-35(23,33-6-2)21-34(22,19-30-17-15-28-13-11-26-9-7-24-3)20-31-18-16-29-14-12-27-10-8-25-4/h5-21H2,1-4H3. The Morgan fingerprint density at radius 2 is 0.800 bits per heavy atom. The van der Waals surface area contributed by atoms with Crippen molar-refractivity contribution in [3.63, 3.8) is 0 Å². The zero-order valence-corrected chi connectivity index (χ0v) is 23.6. The smallest absolute Gasteiger partial charge is 0.338 e. The number of ether oxygens (including phenoxy) is 8. The van der Waals surface area contributed by atoms with E-state index in [-0.39, 0.29) is 45.0 Å². The van der Waals surface area contributed by atoms with Crippen LogP contribution in [0.25, 0.3) is 0 Å². The Morgan fingerprint density at radius 3 is 1.11 bits per heavy atom. The molecule has 0 aliphatic rings. The van der Waals surface area contributed by atoms with Crippen molar-refractivity contribution in [3.8, 4) is 0 Å². The molecule has 0 fully saturated rings. The molecule has 0 unspecified atom stereocenters. The van der Waals surface area contributed by atoms with E-state index >= 15 is 0 Å². The molecule has 35 heavy (non-hydrogen) atoms. The maximum atomic E-state index is 13.5. The van der Waals surface area contributed by atoms with Crippen LogP contribution >= 0.6 is 14.7 Å². The summed E-state index contributed by atoms with van der Waals surface area (Å²) in [5.74, 6) is -0.260. The molecule has 0 N–H and O–H groups in total. The summed E-state index contributed by atoms with van der Waals surface area (Å²) >= 11 is 0. The van der Waals surface area contributed by atoms with E-state index in [1.54, 1.807) is 28.1 Å². The molecule has 14 heteroatoms. The molecular formula is C21H46O12P2. The first-order chi connectivity index (χ1) is 16.9. The van der Waals surface area contributed by atoms with Gasteiger partial charge in [-0.2, -0.15) is 0 Å². The van der Waals surface area contributed by atoms with Gasteiger partial charge in [-0.1, -0.05) is 0 Å². The molecule has 212 valence electrons. The second kappa shape index (κ2) is 24.4. The number of methoxy groups -OCH3 is 2. The van der Waals surface area contributed by atoms with Gasteiger partial charge in [0.2, 0.25) is 0 Å². The summed E-state index contributed by atoms with van der Waals surface area (Å²) in [6.07, 6.45) is -0.252. The quantitative estimate of drug-likeness (QED) is 0.105. The highest BCUT2D eigenvalue weighted by molar-refractivity contribution is 7.76. The van der Waals surface area contributed by atoms with Crippen LogP contribution < -0.4 is 0 Å². The Bertz CT molecular complexity index is 514. The molecule has 0 aliphatic heterocycles. The Hall–Kier alpha value is 0.0600. The maximum Gasteiger partial charge on any atom is 0.338 e. The van der Waals surface area contributed by atoms with Crippen molar-refractivity contribution < 1.29 is 56.1 Å². The Balaban J connectivity index is 4.40. The van der Waals surface area contributed by atoms with Crippen LogP contribution in [-0.4, -0.2) is 125 Å². The van der Waals surface area contributed by atoms with Gasteiger partial charge in [0.1, 0.15) is 25.7 Å². The first-order valence-electron chi connectivity index (χ1n) is 11.8. The third-order valence-corrected chi connectivity index (χ3v) is 10.1. The molecule has 0 aromatic rings. The van der Waals surface area contributed by atoms with E-state index < -0.39 is 14.7 Å². The summed E-state index contributed by atoms with van der Waals surface area (Å²) in [6.45, 7) is 8.63. The van der Waals surface area contributed by atoms with E-state index in [1.165, 1.54) is 0 Å². The molecule has 0 atom stereocenters. The van der Waals surface area contributed by atoms with Gasteiger partial charge >= 0.3 is 7.60 Å². The van der Waals surface area contributed by atoms with Gasteiger partial charge in [0, 0.05) is 14.2 Å². The molecule has 0 aromatic carbocycles. The summed E-state index contributed by atoms with van der Waals surface area (Å²) in [5.41, 5.74) is 0. The molecule has 0 saturated carbocycles. The summed E-state index contributed by atoms with van der Waals surface area (Å²) in [6, 6.07) is 0. The van der Waals surface area contributed by atoms with Gasteiger partial charge in [0.05, 0.1) is 92.5 Å². The Kier molecular flexibility index (Phi) is 24.4. The second-order valence-electron chi connectivity index (χ2n) is 7.16. The van der Waals surface area contributed by atoms with Crippen LogP contribution in [-0.2, 0) is 56.1 Å². The molecule has 12 nitrogen and oxygen atoms in total. The average molecular weight is 553 g/mol. The van der Waals surface area contributed by atoms with Crippen molar-refractivity contribution in [3.05, 3.63) is 0 Å². The first kappa shape index (κ1) is 35.1. The molecule has 0 aromatic heterocycles. The zero-order valence-electron chi connectivity index (χ0n) is 21.8. The van der Waals surface area contributed by atoms with Gasteiger partial charge in [-0.15, -0.1) is 0 Å². The normalized spacial score (nSPS) is 12.5. The summed E-state index contributed by atoms with van der Waals surface area (Å²) < 4.78 is 79.5. The summed E-state index contributed by atoms with van der Waals surface area (Å²) in [4.78, 5) is 0. The molecule has 0 saturated heterocycles. The molecule has 0 bridgehead atoms. The minimum atomic E-state index is -3.54. The lowest BCUT2D eigenvalue weighted by atomic mass is 10.7. The summed E-state index contributed by atoms with van der Waals surface area (Å²) in [5, 5.41) is 0. The molecule has 0 amide bonds. The van der Waals surface area contributed by atoms with Gasteiger partial charge in [0.15, 0.2) is 0 Å². The lowest BCUT2D eigenvalue weighted by Crippen LogP contribution is -2.15. The van der Waals surface area contributed by atoms with E-state index in [9.17, 15) is 9.13 Å². The van der Waals surface area contributed by atoms with E-state index in [2.05, 4.69) is 0 Å². The van der Waals surface area contributed by atoms with Crippen LogP contribution in [0.5, 0.6) is 0 Å². The molecule has 0 rings (SSSR count). The van der Waals surface area contributed by atoms with Crippen LogP contribution in [0.2, 0.25) is 0 Å². The van der Waals surface area contributed by atoms with Gasteiger partial charge in [-0.25, -0.2) is 0 Å². The van der Waals surface area contributed by atoms with E-state index in [1.807, 2.05) is 0 Å². The highest BCUT2D eigenvalue weighted by atomic mass is 31.2. The fourth-order valence-corrected chi connectivity index (χ4v) is 8.26. The maximum absolute atomic E-state index is 13.5. The van der Waals surface area contributed by atoms with Crippen molar-refractivity contribution in [2.75, 3.05) is 125 Å². The van der Waals surface area contributed by atoms with Gasteiger partial charge < -0.3 is 51.5 Å². The fourth-order valence-electron chi connectivity index (χ4n) is 2.57. The zero-order chi connectivity index (χ0) is 26.1. The van der Waals surface area contributed by atoms with Crippen molar-refractivity contribution in [1.29, 1.82) is 0 Å². The summed E-state index contributed by atoms with van der Waals surface area (Å²) in [7, 11) is -3.51. The highest BCUT2D eigenvalue weighted by Gasteiger charge is 2.36. The number of hydrogen-bond donors (Lipinski definition) is 0. The molecule has 0 spiro atoms. The Labute approximate surface area is 210 Å². The van der Waals surface area contributed by atoms with Crippen molar-refractivity contribution in [1.82, 2.24) is 0 Å². The third-order valence-electron chi connectivity index (χ3n) is 4.09. The first-order valence-corrected chi connectivity index (χ1v) is 15.8. The van der Waals surface area contributed by atoms with Crippen molar-refractivity contribution >= 4 is 14.7 Å². The van der Waals surface area contributed by atoms with E-state index in [0.717, 1.165) is 0 Å². The third kappa shape index (κ3) is 21.8. The average Bonchev–Trinajstić information content (AvgIpc) is 2.81. The minimum absolute atomic E-state index is 0.126. The topological polar surface area (TPSA) is 126 Å². The molecule has 0 radical (unpaired) electrons. The highest BCUT2D eigenvalue weighted by Crippen LogP contribution is 2.62. The molecule has 0 aliphatic carbocycles. The van der Waals surface area contributed by atoms with Crippen LogP contribution in [0.3, 0.4) is 0 Å². The van der Waals surface area contributed by atoms with Gasteiger partial charge in [-0.3, -0.25) is 4.57 Å². The molecule has 0 heterocycles. The lowest BCUT2D eigenvalue weighted by Gasteiger charge is -2.24. The van der Waals surface area contributed by atoms with Crippen molar-refractivity contribution in [2.24, 2.45) is 0 Å². The Morgan fingerprint density at radius 1 is 0.486 bits per heavy atom. The van der Waals surface area contributed by atoms with Crippen molar-refractivity contribution in [2.45, 2.75) is 13.8 Å². The van der Waals surface area contributed by atoms with Crippen LogP contribution in [0.4, 0.5) is 0 Å². The van der Waals surface area contributed by atoms with Gasteiger partial charge in [0.25, 0.3) is 0 Å². The molecular weight excluding hydrogens is 506 g/mol. The van der Waals surface area contributed by atoms with Crippen LogP contribution in [0.15, 0.2) is 0 Å². The van der Waals surface area contributed by atoms with E-state index in [0.29, 0.717) is 66.1 Å². The van der Waals surface area contributed by atoms with Crippen LogP contribution in [0, 0.1) is 0 Å². The van der Waals surface area contributed by atoms with Crippen LogP contribution in [0.1, 0.15) is 13.8 Å². The predicted molar refractivity (Wildman–Crippen MR) is 132 cm³/mol. The largest absolute Gasteiger partial charge is 0.382 e. The minimum Gasteiger partial charge on any atom is -0.382 e. The number of rotatable bonds is 28. The SMILES string of the molecule is CCOP(=O)(CP(=O)(COCCOCCOCCOC)COCCOCCOCCOC)OCC. The lowest BCUT2D eigenvalue weighted by molar-refractivity contribution is 0.00630. The predicted octanol–water partition coefficient (Wildman–Crippen LogP) is 2.88. The van der Waals surface area contributed by atoms with Gasteiger partial charge in [-0.05, 0) is 13.8 Å². The fraction of sp³-hybridized carbons (Fsp3) is 1.00.